The molecule has 0 radical (unpaired) electrons. The molecular weight excluding hydrogens is 869 g/mol. The SMILES string of the molecule is OB(O)O.OB(O)O.OB(O)O.OB(O)O.OB(O)O.OB(O)O.OB(O)O.OB(O)O.OB(O)O.OB(O)O.OB(O)O.OB(O)O.OB(O)O.[Na+].[Na+].[O-]B([O-])O. The van der Waals surface area contributed by atoms with Gasteiger partial charge in [0.05, 0.1) is 7.32 Å². The summed E-state index contributed by atoms with van der Waals surface area (Å²) in [6, 6.07) is 0. The maximum Gasteiger partial charge on any atom is 1.00 e. The van der Waals surface area contributed by atoms with Crippen LogP contribution < -0.4 is 69.2 Å². The van der Waals surface area contributed by atoms with Crippen molar-refractivity contribution in [2.24, 2.45) is 0 Å². The van der Waals surface area contributed by atoms with E-state index >= 15 is 0 Å². The largest absolute Gasteiger partial charge is 1.00 e. The molecule has 0 aliphatic heterocycles. The normalized spacial score (nSPS) is 6.52. The zero-order chi connectivity index (χ0) is 50.1. The van der Waals surface area contributed by atoms with Gasteiger partial charge in [-0.25, -0.2) is 0 Å². The van der Waals surface area contributed by atoms with Gasteiger partial charge < -0.3 is 211 Å². The predicted molar refractivity (Wildman–Crippen MR) is 169 cm³/mol. The van der Waals surface area contributed by atoms with Crippen molar-refractivity contribution in [3.8, 4) is 0 Å². The van der Waals surface area contributed by atoms with E-state index in [1.165, 1.54) is 0 Å². The van der Waals surface area contributed by atoms with E-state index in [9.17, 15) is 0 Å². The Morgan fingerprint density at radius 3 is 0.138 bits per heavy atom. The molecule has 42 nitrogen and oxygen atoms in total. The van der Waals surface area contributed by atoms with Crippen molar-refractivity contribution >= 4 is 102 Å². The monoisotopic (exact) mass is 912 g/mol. The van der Waals surface area contributed by atoms with Gasteiger partial charge in [-0.1, -0.05) is 0 Å². The van der Waals surface area contributed by atoms with Crippen molar-refractivity contribution in [1.29, 1.82) is 0 Å². The average Bonchev–Trinajstić information content (AvgIpc) is 2.73. The summed E-state index contributed by atoms with van der Waals surface area (Å²) >= 11 is 0. The molecule has 58 heteroatoms. The van der Waals surface area contributed by atoms with Crippen LogP contribution in [0.1, 0.15) is 0 Å². The topological polar surface area (TPSA) is 855 Å². The predicted octanol–water partition coefficient (Wildman–Crippen LogP) is -36.0. The maximum absolute atomic E-state index is 8.53. The number of hydrogen-bond acceptors (Lipinski definition) is 42. The molecule has 0 amide bonds. The molecule has 0 heterocycles. The summed E-state index contributed by atoms with van der Waals surface area (Å²) in [5.74, 6) is 0. The van der Waals surface area contributed by atoms with Crippen LogP contribution in [0.3, 0.4) is 0 Å². The van der Waals surface area contributed by atoms with E-state index in [4.69, 9.17) is 211 Å². The Balaban J connectivity index is -0.0000000233. The van der Waals surface area contributed by atoms with Crippen LogP contribution in [0, 0.1) is 0 Å². The van der Waals surface area contributed by atoms with E-state index in [-0.39, 0.29) is 59.1 Å². The van der Waals surface area contributed by atoms with Crippen LogP contribution in [-0.4, -0.2) is 303 Å². The van der Waals surface area contributed by atoms with Crippen LogP contribution in [0.2, 0.25) is 0 Å². The smallest absolute Gasteiger partial charge is 0.871 e. The first-order valence-electron chi connectivity index (χ1n) is 10.8. The van der Waals surface area contributed by atoms with Crippen LogP contribution >= 0.6 is 0 Å². The molecule has 40 N–H and O–H groups in total. The second-order valence-corrected chi connectivity index (χ2v) is 4.81. The fourth-order valence-electron chi connectivity index (χ4n) is 0. The molecule has 0 bridgehead atoms. The minimum absolute atomic E-state index is 0. The average molecular weight is 910 g/mol. The van der Waals surface area contributed by atoms with Crippen molar-refractivity contribution in [3.63, 3.8) is 0 Å². The molecular formula is H40B14Na2O42. The maximum atomic E-state index is 8.53. The minimum atomic E-state index is -2.67. The molecule has 0 saturated carbocycles. The zero-order valence-corrected chi connectivity index (χ0v) is 32.8. The molecule has 0 aromatic carbocycles. The first-order valence-corrected chi connectivity index (χ1v) is 10.8. The van der Waals surface area contributed by atoms with Crippen molar-refractivity contribution in [3.05, 3.63) is 0 Å². The van der Waals surface area contributed by atoms with Crippen LogP contribution in [0.5, 0.6) is 0 Å². The Morgan fingerprint density at radius 2 is 0.138 bits per heavy atom. The van der Waals surface area contributed by atoms with Crippen LogP contribution in [0.25, 0.3) is 0 Å². The van der Waals surface area contributed by atoms with Gasteiger partial charge in [-0.2, -0.15) is 0 Å². The number of hydrogen-bond donors (Lipinski definition) is 40. The van der Waals surface area contributed by atoms with Gasteiger partial charge in [0.15, 0.2) is 0 Å². The molecule has 0 unspecified atom stereocenters. The third-order valence-electron chi connectivity index (χ3n) is 0. The van der Waals surface area contributed by atoms with Crippen LogP contribution in [0.4, 0.5) is 0 Å². The molecule has 0 aromatic rings. The van der Waals surface area contributed by atoms with Crippen molar-refractivity contribution < 1.29 is 270 Å². The fourth-order valence-corrected chi connectivity index (χ4v) is 0. The quantitative estimate of drug-likeness (QED) is 0.100. The van der Waals surface area contributed by atoms with Crippen LogP contribution in [-0.2, 0) is 0 Å². The van der Waals surface area contributed by atoms with E-state index in [0.29, 0.717) is 0 Å². The Hall–Kier alpha value is 1.23. The standard InChI is InChI=1S/13BH3O3.BHO3.2Na/c14*2-1(3)4;;/h13*2-4H;2H;;/q;;;;;;;;;;;;;-2;2*+1. The molecule has 0 aliphatic rings. The molecule has 0 spiro atoms. The van der Waals surface area contributed by atoms with Gasteiger partial charge in [-0.3, -0.25) is 0 Å². The van der Waals surface area contributed by atoms with Crippen molar-refractivity contribution in [2.75, 3.05) is 0 Å². The molecule has 0 aromatic heterocycles. The van der Waals surface area contributed by atoms with E-state index in [2.05, 4.69) is 0 Å². The Kier molecular flexibility index (Phi) is 189. The summed E-state index contributed by atoms with van der Waals surface area (Å²) in [6.45, 7) is 0. The third-order valence-corrected chi connectivity index (χ3v) is 0. The van der Waals surface area contributed by atoms with Crippen molar-refractivity contribution in [2.45, 2.75) is 0 Å². The second kappa shape index (κ2) is 102. The van der Waals surface area contributed by atoms with Gasteiger partial charge in [0, 0.05) is 0 Å². The summed E-state index contributed by atoms with van der Waals surface area (Å²) in [7, 11) is -30.8. The number of rotatable bonds is 0. The van der Waals surface area contributed by atoms with Gasteiger partial charge in [0.2, 0.25) is 0 Å². The summed E-state index contributed by atoms with van der Waals surface area (Å²) in [5, 5.41) is 303. The van der Waals surface area contributed by atoms with Gasteiger partial charge in [-0.05, 0) is 0 Å². The Labute approximate surface area is 371 Å². The molecule has 336 valence electrons. The molecule has 0 aliphatic carbocycles. The fraction of sp³-hybridized carbons (Fsp3) is 0. The van der Waals surface area contributed by atoms with Crippen molar-refractivity contribution in [1.82, 2.24) is 0 Å². The summed E-state index contributed by atoms with van der Waals surface area (Å²) in [4.78, 5) is 0. The van der Waals surface area contributed by atoms with Gasteiger partial charge in [0.1, 0.15) is 0 Å². The molecule has 0 atom stereocenters. The first-order chi connectivity index (χ1) is 24.2. The van der Waals surface area contributed by atoms with Gasteiger partial charge in [0.25, 0.3) is 0 Å². The summed E-state index contributed by atoms with van der Waals surface area (Å²) in [6.07, 6.45) is 0. The Morgan fingerprint density at radius 1 is 0.138 bits per heavy atom. The van der Waals surface area contributed by atoms with Crippen LogP contribution in [0.15, 0.2) is 0 Å². The minimum Gasteiger partial charge on any atom is -0.871 e. The molecule has 0 fully saturated rings. The molecule has 0 rings (SSSR count). The third kappa shape index (κ3) is 120000. The van der Waals surface area contributed by atoms with E-state index in [1.54, 1.807) is 0 Å². The van der Waals surface area contributed by atoms with E-state index in [0.717, 1.165) is 0 Å². The Bertz CT molecular complexity index is 284. The van der Waals surface area contributed by atoms with E-state index in [1.807, 2.05) is 0 Å². The molecule has 58 heavy (non-hydrogen) atoms. The van der Waals surface area contributed by atoms with Gasteiger partial charge >= 0.3 is 154 Å². The van der Waals surface area contributed by atoms with E-state index < -0.39 is 102 Å². The zero-order valence-electron chi connectivity index (χ0n) is 28.8. The summed E-state index contributed by atoms with van der Waals surface area (Å²) in [5.41, 5.74) is 0. The first kappa shape index (κ1) is 107. The molecule has 0 saturated heterocycles. The van der Waals surface area contributed by atoms with Gasteiger partial charge in [-0.15, -0.1) is 0 Å². The summed E-state index contributed by atoms with van der Waals surface area (Å²) < 4.78 is 0. The second-order valence-electron chi connectivity index (χ2n) is 4.81.